The van der Waals surface area contributed by atoms with Gasteiger partial charge in [0.25, 0.3) is 5.91 Å². The van der Waals surface area contributed by atoms with Gasteiger partial charge in [0.05, 0.1) is 0 Å². The zero-order valence-electron chi connectivity index (χ0n) is 12.5. The van der Waals surface area contributed by atoms with Crippen LogP contribution in [-0.2, 0) is 14.3 Å². The van der Waals surface area contributed by atoms with Crippen molar-refractivity contribution in [2.75, 3.05) is 20.2 Å². The van der Waals surface area contributed by atoms with Gasteiger partial charge in [-0.25, -0.2) is 0 Å². The normalized spacial score (nSPS) is 13.9. The van der Waals surface area contributed by atoms with Crippen molar-refractivity contribution in [2.45, 2.75) is 45.4 Å². The zero-order chi connectivity index (χ0) is 15.5. The van der Waals surface area contributed by atoms with Crippen LogP contribution in [-0.4, -0.2) is 49.5 Å². The van der Waals surface area contributed by atoms with Crippen molar-refractivity contribution in [3.63, 3.8) is 0 Å². The molecule has 0 spiro atoms. The Morgan fingerprint density at radius 1 is 1.30 bits per heavy atom. The predicted octanol–water partition coefficient (Wildman–Crippen LogP) is -0.663. The van der Waals surface area contributed by atoms with Gasteiger partial charge in [0.1, 0.15) is 12.3 Å². The predicted molar refractivity (Wildman–Crippen MR) is 75.7 cm³/mol. The van der Waals surface area contributed by atoms with Gasteiger partial charge in [-0.1, -0.05) is 20.3 Å². The Balaban J connectivity index is 3.82. The molecular weight excluding hydrogens is 262 g/mol. The lowest BCUT2D eigenvalue weighted by atomic mass is 10.1. The van der Waals surface area contributed by atoms with Crippen LogP contribution in [0.15, 0.2) is 0 Å². The summed E-state index contributed by atoms with van der Waals surface area (Å²) < 4.78 is 4.80. The Bertz CT molecular complexity index is 297. The third kappa shape index (κ3) is 8.84. The van der Waals surface area contributed by atoms with Crippen molar-refractivity contribution >= 4 is 11.9 Å². The summed E-state index contributed by atoms with van der Waals surface area (Å²) >= 11 is 0. The summed E-state index contributed by atoms with van der Waals surface area (Å²) in [6.07, 6.45) is 1.32. The minimum atomic E-state index is -0.948. The van der Waals surface area contributed by atoms with Crippen molar-refractivity contribution in [1.82, 2.24) is 10.6 Å². The summed E-state index contributed by atoms with van der Waals surface area (Å²) in [4.78, 5) is 22.9. The standard InChI is InChI=1S/C13H27N3O4/c1-9(2)12(18)16-11(17)8-20-13(19)10(14)6-4-5-7-15-3/h9-10,12,15,18H,4-8,14H2,1-3H3,(H,16,17). The molecule has 0 saturated carbocycles. The molecule has 5 N–H and O–H groups in total. The van der Waals surface area contributed by atoms with Crippen LogP contribution in [0.5, 0.6) is 0 Å². The van der Waals surface area contributed by atoms with E-state index in [1.165, 1.54) is 0 Å². The Kier molecular flexibility index (Phi) is 9.96. The fourth-order valence-corrected chi connectivity index (χ4v) is 1.40. The zero-order valence-corrected chi connectivity index (χ0v) is 12.5. The minimum absolute atomic E-state index is 0.107. The maximum atomic E-state index is 11.5. The number of nitrogens with one attached hydrogen (secondary N) is 2. The molecule has 0 bridgehead atoms. The molecular formula is C13H27N3O4. The molecule has 0 fully saturated rings. The number of amides is 1. The monoisotopic (exact) mass is 289 g/mol. The van der Waals surface area contributed by atoms with Crippen LogP contribution in [0.25, 0.3) is 0 Å². The largest absolute Gasteiger partial charge is 0.454 e. The quantitative estimate of drug-likeness (QED) is 0.241. The third-order valence-electron chi connectivity index (χ3n) is 2.78. The molecule has 0 aliphatic heterocycles. The van der Waals surface area contributed by atoms with E-state index in [1.54, 1.807) is 13.8 Å². The second-order valence-corrected chi connectivity index (χ2v) is 5.07. The maximum Gasteiger partial charge on any atom is 0.323 e. The number of ether oxygens (including phenoxy) is 1. The lowest BCUT2D eigenvalue weighted by molar-refractivity contribution is -0.151. The molecule has 7 heteroatoms. The highest BCUT2D eigenvalue weighted by molar-refractivity contribution is 5.82. The van der Waals surface area contributed by atoms with E-state index >= 15 is 0 Å². The molecule has 7 nitrogen and oxygen atoms in total. The van der Waals surface area contributed by atoms with Crippen molar-refractivity contribution in [2.24, 2.45) is 11.7 Å². The number of hydrogen-bond donors (Lipinski definition) is 4. The molecule has 0 rings (SSSR count). The van der Waals surface area contributed by atoms with Gasteiger partial charge in [0.15, 0.2) is 6.61 Å². The van der Waals surface area contributed by atoms with Crippen LogP contribution in [0.2, 0.25) is 0 Å². The van der Waals surface area contributed by atoms with Gasteiger partial charge in [0, 0.05) is 0 Å². The van der Waals surface area contributed by atoms with Crippen LogP contribution in [0.1, 0.15) is 33.1 Å². The van der Waals surface area contributed by atoms with E-state index in [-0.39, 0.29) is 5.92 Å². The molecule has 1 amide bonds. The van der Waals surface area contributed by atoms with Crippen LogP contribution in [0, 0.1) is 5.92 Å². The van der Waals surface area contributed by atoms with Crippen LogP contribution >= 0.6 is 0 Å². The first-order chi connectivity index (χ1) is 9.38. The molecule has 0 aromatic heterocycles. The van der Waals surface area contributed by atoms with Gasteiger partial charge in [-0.3, -0.25) is 9.59 Å². The number of carbonyl (C=O) groups excluding carboxylic acids is 2. The van der Waals surface area contributed by atoms with Crippen molar-refractivity contribution in [1.29, 1.82) is 0 Å². The molecule has 118 valence electrons. The molecule has 20 heavy (non-hydrogen) atoms. The third-order valence-corrected chi connectivity index (χ3v) is 2.78. The SMILES string of the molecule is CNCCCCC(N)C(=O)OCC(=O)NC(O)C(C)C. The van der Waals surface area contributed by atoms with E-state index in [1.807, 2.05) is 7.05 Å². The first kappa shape index (κ1) is 18.8. The molecule has 0 aromatic rings. The second kappa shape index (κ2) is 10.6. The van der Waals surface area contributed by atoms with Crippen molar-refractivity contribution < 1.29 is 19.4 Å². The van der Waals surface area contributed by atoms with E-state index in [0.717, 1.165) is 19.4 Å². The highest BCUT2D eigenvalue weighted by Gasteiger charge is 2.17. The molecule has 0 saturated heterocycles. The number of unbranched alkanes of at least 4 members (excludes halogenated alkanes) is 1. The van der Waals surface area contributed by atoms with Crippen LogP contribution in [0.4, 0.5) is 0 Å². The van der Waals surface area contributed by atoms with Gasteiger partial charge in [0.2, 0.25) is 0 Å². The fourth-order valence-electron chi connectivity index (χ4n) is 1.40. The number of esters is 1. The summed E-state index contributed by atoms with van der Waals surface area (Å²) in [5.74, 6) is -1.24. The lowest BCUT2D eigenvalue weighted by Crippen LogP contribution is -2.42. The molecule has 0 aliphatic rings. The van der Waals surface area contributed by atoms with E-state index in [2.05, 4.69) is 10.6 Å². The summed E-state index contributed by atoms with van der Waals surface area (Å²) in [5, 5.41) is 14.8. The highest BCUT2D eigenvalue weighted by atomic mass is 16.5. The average molecular weight is 289 g/mol. The van der Waals surface area contributed by atoms with Gasteiger partial charge in [-0.15, -0.1) is 0 Å². The van der Waals surface area contributed by atoms with E-state index in [9.17, 15) is 14.7 Å². The number of hydrogen-bond acceptors (Lipinski definition) is 6. The maximum absolute atomic E-state index is 11.5. The molecule has 2 unspecified atom stereocenters. The van der Waals surface area contributed by atoms with Crippen molar-refractivity contribution in [3.8, 4) is 0 Å². The van der Waals surface area contributed by atoms with E-state index in [4.69, 9.17) is 10.5 Å². The second-order valence-electron chi connectivity index (χ2n) is 5.07. The van der Waals surface area contributed by atoms with Crippen LogP contribution in [0.3, 0.4) is 0 Å². The topological polar surface area (TPSA) is 114 Å². The first-order valence-corrected chi connectivity index (χ1v) is 6.92. The van der Waals surface area contributed by atoms with E-state index < -0.39 is 30.8 Å². The van der Waals surface area contributed by atoms with Gasteiger partial charge >= 0.3 is 5.97 Å². The lowest BCUT2D eigenvalue weighted by Gasteiger charge is -2.16. The highest BCUT2D eigenvalue weighted by Crippen LogP contribution is 2.01. The van der Waals surface area contributed by atoms with E-state index in [0.29, 0.717) is 6.42 Å². The first-order valence-electron chi connectivity index (χ1n) is 6.92. The number of rotatable bonds is 10. The number of aliphatic hydroxyl groups is 1. The van der Waals surface area contributed by atoms with Crippen molar-refractivity contribution in [3.05, 3.63) is 0 Å². The Morgan fingerprint density at radius 2 is 1.95 bits per heavy atom. The Hall–Kier alpha value is -1.18. The average Bonchev–Trinajstić information content (AvgIpc) is 2.40. The molecule has 0 heterocycles. The summed E-state index contributed by atoms with van der Waals surface area (Å²) in [5.41, 5.74) is 5.66. The number of aliphatic hydroxyl groups excluding tert-OH is 1. The smallest absolute Gasteiger partial charge is 0.323 e. The van der Waals surface area contributed by atoms with Gasteiger partial charge < -0.3 is 26.2 Å². The number of nitrogens with two attached hydrogens (primary N) is 1. The molecule has 2 atom stereocenters. The van der Waals surface area contributed by atoms with Crippen LogP contribution < -0.4 is 16.4 Å². The Labute approximate surface area is 120 Å². The molecule has 0 aliphatic carbocycles. The van der Waals surface area contributed by atoms with Gasteiger partial charge in [-0.05, 0) is 32.4 Å². The molecule has 0 aromatic carbocycles. The fraction of sp³-hybridized carbons (Fsp3) is 0.846. The summed E-state index contributed by atoms with van der Waals surface area (Å²) in [7, 11) is 1.86. The van der Waals surface area contributed by atoms with Gasteiger partial charge in [-0.2, -0.15) is 0 Å². The minimum Gasteiger partial charge on any atom is -0.454 e. The summed E-state index contributed by atoms with van der Waals surface area (Å²) in [6, 6.07) is -0.713. The summed E-state index contributed by atoms with van der Waals surface area (Å²) in [6.45, 7) is 3.97. The number of carbonyl (C=O) groups is 2. The Morgan fingerprint density at radius 3 is 2.50 bits per heavy atom. The molecule has 0 radical (unpaired) electrons.